The van der Waals surface area contributed by atoms with Gasteiger partial charge in [0.05, 0.1) is 27.6 Å². The Kier molecular flexibility index (Phi) is 10.5. The number of fused-ring (bicyclic) bond motifs is 32. The molecule has 0 saturated carbocycles. The van der Waals surface area contributed by atoms with Crippen LogP contribution in [0.5, 0.6) is 0 Å². The van der Waals surface area contributed by atoms with E-state index in [4.69, 9.17) is 0 Å². The molecular formula is C95H60N2. The number of anilines is 4. The monoisotopic (exact) mass is 1230 g/mol. The lowest BCUT2D eigenvalue weighted by atomic mass is 9.64. The van der Waals surface area contributed by atoms with E-state index in [0.717, 1.165) is 0 Å². The van der Waals surface area contributed by atoms with E-state index in [1.807, 2.05) is 0 Å². The van der Waals surface area contributed by atoms with Crippen molar-refractivity contribution in [3.63, 3.8) is 0 Å². The van der Waals surface area contributed by atoms with E-state index in [-0.39, 0.29) is 0 Å². The molecular weight excluding hydrogens is 1170 g/mol. The smallest absolute Gasteiger partial charge is 0.0754 e. The Bertz CT molecular complexity index is 5820. The summed E-state index contributed by atoms with van der Waals surface area (Å²) in [5, 5.41) is 7.37. The van der Waals surface area contributed by atoms with Gasteiger partial charge < -0.3 is 9.80 Å². The molecule has 2 aliphatic heterocycles. The molecule has 16 aromatic rings. The van der Waals surface area contributed by atoms with Crippen LogP contribution in [0.3, 0.4) is 0 Å². The maximum absolute atomic E-state index is 2.60. The Morgan fingerprint density at radius 3 is 0.959 bits per heavy atom. The largest absolute Gasteiger partial charge is 0.344 e. The van der Waals surface area contributed by atoms with Crippen molar-refractivity contribution in [3.8, 4) is 77.9 Å². The van der Waals surface area contributed by atoms with Gasteiger partial charge in [-0.2, -0.15) is 0 Å². The molecule has 0 saturated heterocycles. The van der Waals surface area contributed by atoms with Crippen molar-refractivity contribution in [2.45, 2.75) is 16.2 Å². The molecule has 22 rings (SSSR count). The highest BCUT2D eigenvalue weighted by Gasteiger charge is 2.56. The lowest BCUT2D eigenvalue weighted by Crippen LogP contribution is -2.36. The molecule has 0 unspecified atom stereocenters. The second-order valence-corrected chi connectivity index (χ2v) is 27.6. The zero-order valence-corrected chi connectivity index (χ0v) is 53.6. The van der Waals surface area contributed by atoms with Gasteiger partial charge in [0.25, 0.3) is 0 Å². The topological polar surface area (TPSA) is 6.48 Å². The van der Waals surface area contributed by atoms with Crippen LogP contribution < -0.4 is 9.80 Å². The number of hydrogen-bond acceptors (Lipinski definition) is 2. The summed E-state index contributed by atoms with van der Waals surface area (Å²) in [6.07, 6.45) is 0. The summed E-state index contributed by atoms with van der Waals surface area (Å²) in [6, 6.07) is 126. The van der Waals surface area contributed by atoms with E-state index in [1.165, 1.54) is 200 Å². The van der Waals surface area contributed by atoms with Gasteiger partial charge in [-0.25, -0.2) is 0 Å². The highest BCUT2D eigenvalue weighted by molar-refractivity contribution is 6.22. The zero-order valence-electron chi connectivity index (χ0n) is 53.6. The highest BCUT2D eigenvalue weighted by Crippen LogP contribution is 2.69. The third kappa shape index (κ3) is 6.34. The molecule has 97 heavy (non-hydrogen) atoms. The predicted molar refractivity (Wildman–Crippen MR) is 402 cm³/mol. The van der Waals surface area contributed by atoms with Crippen LogP contribution in [0.2, 0.25) is 0 Å². The molecule has 0 atom stereocenters. The van der Waals surface area contributed by atoms with Gasteiger partial charge in [0.15, 0.2) is 0 Å². The molecule has 0 radical (unpaired) electrons. The number of rotatable bonds is 3. The highest BCUT2D eigenvalue weighted by atomic mass is 15.1. The third-order valence-electron chi connectivity index (χ3n) is 23.7. The van der Waals surface area contributed by atoms with Crippen LogP contribution >= 0.6 is 0 Å². The summed E-state index contributed by atoms with van der Waals surface area (Å²) in [4.78, 5) is 5.01. The Hall–Kier alpha value is -12.1. The molecule has 0 fully saturated rings. The van der Waals surface area contributed by atoms with Gasteiger partial charge >= 0.3 is 0 Å². The van der Waals surface area contributed by atoms with Crippen molar-refractivity contribution in [3.05, 3.63) is 394 Å². The van der Waals surface area contributed by atoms with Gasteiger partial charge in [0.1, 0.15) is 0 Å². The first-order chi connectivity index (χ1) is 48.0. The third-order valence-corrected chi connectivity index (χ3v) is 23.7. The van der Waals surface area contributed by atoms with Crippen LogP contribution in [0.25, 0.3) is 110 Å². The average Bonchev–Trinajstić information content (AvgIpc) is 1.55. The molecule has 0 bridgehead atoms. The van der Waals surface area contributed by atoms with E-state index in [1.54, 1.807) is 0 Å². The van der Waals surface area contributed by atoms with Crippen LogP contribution in [0, 0.1) is 0 Å². The first kappa shape index (κ1) is 53.3. The van der Waals surface area contributed by atoms with Gasteiger partial charge in [0.2, 0.25) is 0 Å². The summed E-state index contributed by atoms with van der Waals surface area (Å²) in [5.74, 6) is 0. The van der Waals surface area contributed by atoms with Crippen LogP contribution in [0.1, 0.15) is 66.8 Å². The maximum Gasteiger partial charge on any atom is 0.0754 e. The van der Waals surface area contributed by atoms with E-state index >= 15 is 0 Å². The van der Waals surface area contributed by atoms with Crippen molar-refractivity contribution in [2.75, 3.05) is 23.9 Å². The van der Waals surface area contributed by atoms with Gasteiger partial charge in [-0.05, 0) is 184 Å². The number of hydrogen-bond donors (Lipinski definition) is 0. The van der Waals surface area contributed by atoms with E-state index in [0.29, 0.717) is 0 Å². The van der Waals surface area contributed by atoms with Gasteiger partial charge in [-0.3, -0.25) is 0 Å². The van der Waals surface area contributed by atoms with Crippen molar-refractivity contribution >= 4 is 55.1 Å². The molecule has 2 heterocycles. The first-order valence-electron chi connectivity index (χ1n) is 34.2. The molecule has 4 aliphatic carbocycles. The van der Waals surface area contributed by atoms with Crippen molar-refractivity contribution < 1.29 is 0 Å². The quantitative estimate of drug-likeness (QED) is 0.163. The fraction of sp³-hybridized carbons (Fsp3) is 0.0526. The zero-order chi connectivity index (χ0) is 63.6. The second-order valence-electron chi connectivity index (χ2n) is 27.6. The molecule has 16 aromatic carbocycles. The minimum Gasteiger partial charge on any atom is -0.344 e. The summed E-state index contributed by atoms with van der Waals surface area (Å²) < 4.78 is 0. The number of benzene rings is 16. The van der Waals surface area contributed by atoms with E-state index < -0.39 is 16.2 Å². The summed E-state index contributed by atoms with van der Waals surface area (Å²) in [5.41, 5.74) is 36.5. The number of para-hydroxylation sites is 4. The summed E-state index contributed by atoms with van der Waals surface area (Å²) >= 11 is 0. The molecule has 6 aliphatic rings. The van der Waals surface area contributed by atoms with E-state index in [9.17, 15) is 0 Å². The van der Waals surface area contributed by atoms with Crippen LogP contribution in [0.15, 0.2) is 328 Å². The van der Waals surface area contributed by atoms with Gasteiger partial charge in [-0.1, -0.05) is 309 Å². The lowest BCUT2D eigenvalue weighted by molar-refractivity contribution is 0.749. The molecule has 2 nitrogen and oxygen atoms in total. The molecule has 3 spiro atoms. The van der Waals surface area contributed by atoms with Gasteiger partial charge in [0, 0.05) is 36.6 Å². The standard InChI is InChI=1S/C95H60N2/c1-96-86-52-19-17-48-81(86)93(75-42-11-5-28-61(75)62-29-6-12-43-76(62)93)84-50-24-38-69(91(84)96)59-34-21-36-67-73(59)56-74-60(70-39-25-51-85-92(70)97(2)87-53-20-18-49-82(87)94(85)77-44-13-7-30-63(77)64-31-8-14-45-78(64)94)35-22-37-68(74)88(67)71-40-23-41-72-89-58-27-4-3-26-57(58)54-55-83(89)95(90(71)72)79-46-15-9-32-65(79)66-33-10-16-47-80(66)95/h3-56H,1-2H3. The fourth-order valence-electron chi connectivity index (χ4n) is 20.3. The van der Waals surface area contributed by atoms with Crippen LogP contribution in [0.4, 0.5) is 22.7 Å². The molecule has 0 amide bonds. The summed E-state index contributed by atoms with van der Waals surface area (Å²) in [6.45, 7) is 0. The minimum atomic E-state index is -0.643. The SMILES string of the molecule is CN1c2ccccc2C2(c3ccccc3-c3ccccc32)c2cccc(-c3cccc4c(-c5cccc6c5C5(c7ccccc7-c7ccccc75)c5ccc7ccccc7c5-6)c5cccc(-c6cccc7c6N(C)c6ccccc6C76c7ccccc7-c7ccccc76)c5cc34)c21. The Balaban J connectivity index is 0.888. The molecule has 2 heteroatoms. The van der Waals surface area contributed by atoms with Crippen molar-refractivity contribution in [1.29, 1.82) is 0 Å². The van der Waals surface area contributed by atoms with Crippen molar-refractivity contribution in [1.82, 2.24) is 0 Å². The Labute approximate surface area is 563 Å². The molecule has 0 aromatic heterocycles. The van der Waals surface area contributed by atoms with Crippen molar-refractivity contribution in [2.24, 2.45) is 0 Å². The molecule has 0 N–H and O–H groups in total. The van der Waals surface area contributed by atoms with E-state index in [2.05, 4.69) is 351 Å². The first-order valence-corrected chi connectivity index (χ1v) is 34.2. The number of nitrogens with zero attached hydrogens (tertiary/aromatic N) is 2. The lowest BCUT2D eigenvalue weighted by Gasteiger charge is -2.44. The second kappa shape index (κ2) is 19.1. The van der Waals surface area contributed by atoms with Crippen LogP contribution in [-0.4, -0.2) is 14.1 Å². The normalized spacial score (nSPS) is 14.9. The average molecular weight is 1230 g/mol. The molecule has 450 valence electrons. The van der Waals surface area contributed by atoms with Gasteiger partial charge in [-0.15, -0.1) is 0 Å². The maximum atomic E-state index is 2.60. The van der Waals surface area contributed by atoms with Crippen LogP contribution in [-0.2, 0) is 16.2 Å². The predicted octanol–water partition coefficient (Wildman–Crippen LogP) is 23.4. The minimum absolute atomic E-state index is 0.571. The summed E-state index contributed by atoms with van der Waals surface area (Å²) in [7, 11) is 4.61. The fourth-order valence-corrected chi connectivity index (χ4v) is 20.3. The Morgan fingerprint density at radius 2 is 0.505 bits per heavy atom. The Morgan fingerprint density at radius 1 is 0.196 bits per heavy atom.